The van der Waals surface area contributed by atoms with Crippen molar-refractivity contribution in [2.45, 2.75) is 103 Å². The van der Waals surface area contributed by atoms with Crippen LogP contribution in [-0.2, 0) is 38.2 Å². The van der Waals surface area contributed by atoms with E-state index in [1.165, 1.54) is 6.42 Å². The first kappa shape index (κ1) is 31.3. The molecule has 3 saturated carbocycles. The third kappa shape index (κ3) is 6.84. The first-order valence-corrected chi connectivity index (χ1v) is 15.7. The number of hydrogen-bond donors (Lipinski definition) is 2. The molecule has 2 aromatic rings. The molecule has 3 aliphatic carbocycles. The van der Waals surface area contributed by atoms with Crippen LogP contribution in [0.1, 0.15) is 77.5 Å². The second kappa shape index (κ2) is 12.1. The Kier molecular flexibility index (Phi) is 8.80. The van der Waals surface area contributed by atoms with Crippen molar-refractivity contribution >= 4 is 18.9 Å². The second-order valence-electron chi connectivity index (χ2n) is 14.6. The van der Waals surface area contributed by atoms with Crippen LogP contribution < -0.4 is 10.6 Å². The SMILES string of the molecule is CC(C)(C)NC(=O)C(C#N)Cc1cccc(CCC(=O)N[C@@H](Cc2ccccc2)B2O[C@@H]3C[C@@H]4C[C@@H](C4(C)C)[C@]3(C)O2)c1. The highest BCUT2D eigenvalue weighted by Crippen LogP contribution is 2.65. The number of nitriles is 1. The van der Waals surface area contributed by atoms with Crippen LogP contribution in [0.4, 0.5) is 0 Å². The van der Waals surface area contributed by atoms with Crippen molar-refractivity contribution in [2.75, 3.05) is 0 Å². The maximum absolute atomic E-state index is 13.4. The molecule has 2 bridgehead atoms. The number of carbonyl (C=O) groups excluding carboxylic acids is 2. The van der Waals surface area contributed by atoms with Gasteiger partial charge in [0.25, 0.3) is 0 Å². The molecule has 7 nitrogen and oxygen atoms in total. The number of aryl methyl sites for hydroxylation is 1. The zero-order valence-corrected chi connectivity index (χ0v) is 26.5. The molecule has 8 heteroatoms. The summed E-state index contributed by atoms with van der Waals surface area (Å²) >= 11 is 0. The van der Waals surface area contributed by atoms with Crippen LogP contribution in [-0.4, -0.2) is 42.1 Å². The molecule has 43 heavy (non-hydrogen) atoms. The highest BCUT2D eigenvalue weighted by molar-refractivity contribution is 6.48. The van der Waals surface area contributed by atoms with Crippen LogP contribution in [0.25, 0.3) is 0 Å². The molecule has 0 spiro atoms. The third-order valence-corrected chi connectivity index (χ3v) is 9.98. The molecule has 6 atom stereocenters. The summed E-state index contributed by atoms with van der Waals surface area (Å²) in [6.07, 6.45) is 4.05. The molecular weight excluding hydrogens is 537 g/mol. The first-order valence-electron chi connectivity index (χ1n) is 15.7. The van der Waals surface area contributed by atoms with Gasteiger partial charge in [-0.15, -0.1) is 0 Å². The quantitative estimate of drug-likeness (QED) is 0.374. The van der Waals surface area contributed by atoms with Crippen LogP contribution in [0.5, 0.6) is 0 Å². The van der Waals surface area contributed by atoms with Crippen LogP contribution in [0, 0.1) is 34.5 Å². The van der Waals surface area contributed by atoms with Crippen LogP contribution in [0.3, 0.4) is 0 Å². The third-order valence-electron chi connectivity index (χ3n) is 9.98. The van der Waals surface area contributed by atoms with E-state index >= 15 is 0 Å². The molecule has 2 aromatic carbocycles. The van der Waals surface area contributed by atoms with Gasteiger partial charge in [0.05, 0.1) is 23.7 Å². The molecule has 1 unspecified atom stereocenters. The molecule has 1 heterocycles. The van der Waals surface area contributed by atoms with Crippen molar-refractivity contribution in [3.8, 4) is 6.07 Å². The summed E-state index contributed by atoms with van der Waals surface area (Å²) in [6, 6.07) is 20.1. The van der Waals surface area contributed by atoms with Crippen molar-refractivity contribution in [3.63, 3.8) is 0 Å². The molecule has 228 valence electrons. The minimum absolute atomic E-state index is 0.0508. The lowest BCUT2D eigenvalue weighted by Crippen LogP contribution is -2.65. The number of nitrogens with zero attached hydrogens (tertiary/aromatic N) is 1. The fourth-order valence-corrected chi connectivity index (χ4v) is 7.49. The molecule has 4 fully saturated rings. The summed E-state index contributed by atoms with van der Waals surface area (Å²) in [4.78, 5) is 25.9. The largest absolute Gasteiger partial charge is 0.482 e. The van der Waals surface area contributed by atoms with Crippen LogP contribution >= 0.6 is 0 Å². The Labute approximate surface area is 257 Å². The standard InChI is InChI=1S/C35H46BN3O4/c1-33(2,3)39-32(41)26(22-37)18-25-14-10-13-24(17-25)15-16-31(40)38-30(19-23-11-8-7-9-12-23)36-42-29-21-27-20-28(34(27,4)5)35(29,6)43-36/h7-14,17,26-30H,15-16,18-21H2,1-6H3,(H,38,40)(H,39,41)/t26?,27-,28-,29+,30-,35-/m0/s1. The van der Waals surface area contributed by atoms with E-state index in [0.717, 1.165) is 23.1 Å². The molecule has 1 aliphatic heterocycles. The fraction of sp³-hybridized carbons (Fsp3) is 0.571. The smallest absolute Gasteiger partial charge is 0.404 e. The lowest BCUT2D eigenvalue weighted by atomic mass is 9.43. The summed E-state index contributed by atoms with van der Waals surface area (Å²) < 4.78 is 13.3. The van der Waals surface area contributed by atoms with E-state index in [0.29, 0.717) is 37.5 Å². The Hall–Kier alpha value is -3.15. The van der Waals surface area contributed by atoms with Gasteiger partial charge in [0, 0.05) is 12.0 Å². The summed E-state index contributed by atoms with van der Waals surface area (Å²) in [7, 11) is -0.500. The zero-order chi connectivity index (χ0) is 31.0. The molecule has 0 aromatic heterocycles. The van der Waals surface area contributed by atoms with Crippen LogP contribution in [0.2, 0.25) is 0 Å². The Balaban J connectivity index is 1.22. The van der Waals surface area contributed by atoms with E-state index in [1.807, 2.05) is 63.2 Å². The number of nitrogens with one attached hydrogen (secondary N) is 2. The van der Waals surface area contributed by atoms with Gasteiger partial charge in [-0.1, -0.05) is 68.4 Å². The fourth-order valence-electron chi connectivity index (χ4n) is 7.49. The van der Waals surface area contributed by atoms with E-state index in [2.05, 4.69) is 49.6 Å². The topological polar surface area (TPSA) is 100 Å². The monoisotopic (exact) mass is 583 g/mol. The average molecular weight is 584 g/mol. The van der Waals surface area contributed by atoms with Gasteiger partial charge in [-0.25, -0.2) is 0 Å². The molecule has 6 rings (SSSR count). The summed E-state index contributed by atoms with van der Waals surface area (Å²) in [5, 5.41) is 15.8. The Morgan fingerprint density at radius 2 is 1.72 bits per heavy atom. The second-order valence-corrected chi connectivity index (χ2v) is 14.6. The van der Waals surface area contributed by atoms with E-state index in [-0.39, 0.29) is 34.9 Å². The van der Waals surface area contributed by atoms with Gasteiger partial charge in [0.2, 0.25) is 11.8 Å². The van der Waals surface area contributed by atoms with Crippen molar-refractivity contribution in [1.82, 2.24) is 10.6 Å². The summed E-state index contributed by atoms with van der Waals surface area (Å²) in [5.74, 6) is -0.286. The molecule has 0 radical (unpaired) electrons. The lowest BCUT2D eigenvalue weighted by Gasteiger charge is -2.64. The van der Waals surface area contributed by atoms with E-state index < -0.39 is 18.6 Å². The highest BCUT2D eigenvalue weighted by Gasteiger charge is 2.68. The normalized spacial score (nSPS) is 26.8. The Morgan fingerprint density at radius 1 is 1.02 bits per heavy atom. The minimum atomic E-state index is -0.773. The predicted octanol–water partition coefficient (Wildman–Crippen LogP) is 5.21. The van der Waals surface area contributed by atoms with Crippen molar-refractivity contribution in [1.29, 1.82) is 5.26 Å². The number of rotatable bonds is 10. The average Bonchev–Trinajstić information content (AvgIpc) is 3.31. The first-order chi connectivity index (χ1) is 20.3. The van der Waals surface area contributed by atoms with Gasteiger partial charge < -0.3 is 19.9 Å². The Bertz CT molecular complexity index is 1370. The van der Waals surface area contributed by atoms with Crippen LogP contribution in [0.15, 0.2) is 54.6 Å². The van der Waals surface area contributed by atoms with Gasteiger partial charge in [-0.3, -0.25) is 9.59 Å². The van der Waals surface area contributed by atoms with E-state index in [1.54, 1.807) is 0 Å². The summed E-state index contributed by atoms with van der Waals surface area (Å²) in [6.45, 7) is 12.6. The Morgan fingerprint density at radius 3 is 2.40 bits per heavy atom. The number of amides is 2. The zero-order valence-electron chi connectivity index (χ0n) is 26.5. The number of hydrogen-bond acceptors (Lipinski definition) is 5. The maximum atomic E-state index is 13.4. The van der Waals surface area contributed by atoms with E-state index in [4.69, 9.17) is 9.31 Å². The van der Waals surface area contributed by atoms with Gasteiger partial charge in [-0.2, -0.15) is 5.26 Å². The molecule has 2 amide bonds. The number of benzene rings is 2. The molecule has 1 saturated heterocycles. The molecular formula is C35H46BN3O4. The molecule has 4 aliphatic rings. The van der Waals surface area contributed by atoms with Gasteiger partial charge in [-0.05, 0) is 93.7 Å². The summed E-state index contributed by atoms with van der Waals surface area (Å²) in [5.41, 5.74) is 2.53. The van der Waals surface area contributed by atoms with Crippen molar-refractivity contribution in [3.05, 3.63) is 71.3 Å². The number of carbonyl (C=O) groups is 2. The van der Waals surface area contributed by atoms with Crippen molar-refractivity contribution in [2.24, 2.45) is 23.2 Å². The maximum Gasteiger partial charge on any atom is 0.482 e. The highest BCUT2D eigenvalue weighted by atomic mass is 16.7. The lowest BCUT2D eigenvalue weighted by molar-refractivity contribution is -0.199. The molecule has 2 N–H and O–H groups in total. The van der Waals surface area contributed by atoms with Crippen molar-refractivity contribution < 1.29 is 18.9 Å². The van der Waals surface area contributed by atoms with E-state index in [9.17, 15) is 14.9 Å². The van der Waals surface area contributed by atoms with Gasteiger partial charge >= 0.3 is 7.12 Å². The van der Waals surface area contributed by atoms with Gasteiger partial charge in [0.1, 0.15) is 5.92 Å². The minimum Gasteiger partial charge on any atom is -0.404 e. The predicted molar refractivity (Wildman–Crippen MR) is 168 cm³/mol. The van der Waals surface area contributed by atoms with Gasteiger partial charge in [0.15, 0.2) is 0 Å².